The van der Waals surface area contributed by atoms with E-state index in [2.05, 4.69) is 10.1 Å². The van der Waals surface area contributed by atoms with Gasteiger partial charge in [0.2, 0.25) is 0 Å². The molecule has 0 N–H and O–H groups in total. The molecule has 0 aliphatic heterocycles. The van der Waals surface area contributed by atoms with Crippen LogP contribution in [0.1, 0.15) is 19.4 Å². The summed E-state index contributed by atoms with van der Waals surface area (Å²) in [7, 11) is 0. The first-order valence-electron chi connectivity index (χ1n) is 4.39. The average Bonchev–Trinajstić information content (AvgIpc) is 2.63. The zero-order chi connectivity index (χ0) is 10.6. The topological polar surface area (TPSA) is 56.5 Å². The summed E-state index contributed by atoms with van der Waals surface area (Å²) in [6.07, 6.45) is 0. The summed E-state index contributed by atoms with van der Waals surface area (Å²) in [5.74, 6) is 0. The lowest BCUT2D eigenvalue weighted by Gasteiger charge is -2.17. The van der Waals surface area contributed by atoms with Gasteiger partial charge < -0.3 is 4.90 Å². The molecule has 0 amide bonds. The molecule has 4 nitrogen and oxygen atoms in total. The van der Waals surface area contributed by atoms with E-state index < -0.39 is 0 Å². The largest absolute Gasteiger partial charge is 0.364 e. The highest BCUT2D eigenvalue weighted by molar-refractivity contribution is 7.20. The molecule has 1 heterocycles. The lowest BCUT2D eigenvalue weighted by Crippen LogP contribution is -2.20. The van der Waals surface area contributed by atoms with Gasteiger partial charge in [-0.15, -0.1) is 4.91 Å². The van der Waals surface area contributed by atoms with Crippen LogP contribution in [0.2, 0.25) is 0 Å². The summed E-state index contributed by atoms with van der Waals surface area (Å²) >= 11 is 1.27. The molecule has 0 aliphatic carbocycles. The van der Waals surface area contributed by atoms with E-state index in [-0.39, 0.29) is 5.00 Å². The Morgan fingerprint density at radius 1 is 1.57 bits per heavy atom. The molecule has 0 aliphatic rings. The van der Waals surface area contributed by atoms with Gasteiger partial charge >= 0.3 is 0 Å². The summed E-state index contributed by atoms with van der Waals surface area (Å²) < 4.78 is 0. The third-order valence-electron chi connectivity index (χ3n) is 1.98. The molecule has 0 saturated carbocycles. The lowest BCUT2D eigenvalue weighted by molar-refractivity contribution is 0.876. The van der Waals surface area contributed by atoms with Crippen molar-refractivity contribution in [2.45, 2.75) is 13.8 Å². The maximum absolute atomic E-state index is 10.4. The molecule has 0 atom stereocenters. The first-order valence-corrected chi connectivity index (χ1v) is 5.20. The van der Waals surface area contributed by atoms with Crippen LogP contribution in [-0.2, 0) is 0 Å². The Morgan fingerprint density at radius 3 is 2.57 bits per heavy atom. The van der Waals surface area contributed by atoms with Gasteiger partial charge in [0.15, 0.2) is 5.00 Å². The molecule has 1 aromatic rings. The van der Waals surface area contributed by atoms with Gasteiger partial charge in [-0.25, -0.2) is 0 Å². The van der Waals surface area contributed by atoms with Crippen LogP contribution in [0.5, 0.6) is 0 Å². The van der Waals surface area contributed by atoms with Gasteiger partial charge in [-0.05, 0) is 25.1 Å². The van der Waals surface area contributed by atoms with E-state index in [1.165, 1.54) is 11.3 Å². The van der Waals surface area contributed by atoms with Crippen molar-refractivity contribution in [3.63, 3.8) is 0 Å². The molecule has 1 aromatic heterocycles. The van der Waals surface area contributed by atoms with Crippen molar-refractivity contribution in [3.05, 3.63) is 16.5 Å². The Hall–Kier alpha value is -1.41. The van der Waals surface area contributed by atoms with Crippen LogP contribution in [0.15, 0.2) is 11.2 Å². The van der Waals surface area contributed by atoms with Crippen molar-refractivity contribution in [1.29, 1.82) is 5.26 Å². The average molecular weight is 209 g/mol. The summed E-state index contributed by atoms with van der Waals surface area (Å²) in [6, 6.07) is 3.68. The fourth-order valence-corrected chi connectivity index (χ4v) is 2.22. The summed E-state index contributed by atoms with van der Waals surface area (Å²) in [5.41, 5.74) is 0.368. The molecule has 0 bridgehead atoms. The highest BCUT2D eigenvalue weighted by atomic mass is 32.1. The van der Waals surface area contributed by atoms with Crippen molar-refractivity contribution in [2.75, 3.05) is 18.0 Å². The van der Waals surface area contributed by atoms with Gasteiger partial charge in [0.05, 0.1) is 10.6 Å². The van der Waals surface area contributed by atoms with Crippen molar-refractivity contribution in [3.8, 4) is 6.07 Å². The second-order valence-electron chi connectivity index (χ2n) is 2.68. The quantitative estimate of drug-likeness (QED) is 0.716. The van der Waals surface area contributed by atoms with Crippen LogP contribution in [0.25, 0.3) is 0 Å². The third-order valence-corrected chi connectivity index (χ3v) is 3.05. The van der Waals surface area contributed by atoms with E-state index in [1.54, 1.807) is 6.07 Å². The number of rotatable bonds is 4. The maximum Gasteiger partial charge on any atom is 0.180 e. The standard InChI is InChI=1S/C9H11N3OS/c1-3-12(4-2)8-5-7(6-10)9(11-13)14-8/h5H,3-4H2,1-2H3. The zero-order valence-corrected chi connectivity index (χ0v) is 8.97. The van der Waals surface area contributed by atoms with Gasteiger partial charge in [-0.3, -0.25) is 0 Å². The summed E-state index contributed by atoms with van der Waals surface area (Å²) in [6.45, 7) is 5.78. The van der Waals surface area contributed by atoms with Crippen molar-refractivity contribution in [1.82, 2.24) is 0 Å². The van der Waals surface area contributed by atoms with E-state index in [0.717, 1.165) is 18.1 Å². The van der Waals surface area contributed by atoms with Crippen molar-refractivity contribution in [2.24, 2.45) is 5.18 Å². The zero-order valence-electron chi connectivity index (χ0n) is 8.15. The molecule has 0 aromatic carbocycles. The number of nitrogens with zero attached hydrogens (tertiary/aromatic N) is 3. The van der Waals surface area contributed by atoms with Crippen LogP contribution >= 0.6 is 11.3 Å². The Bertz CT molecular complexity index is 363. The minimum atomic E-state index is 0.273. The predicted octanol–water partition coefficient (Wildman–Crippen LogP) is 2.86. The molecule has 1 rings (SSSR count). The SMILES string of the molecule is CCN(CC)c1cc(C#N)c(N=O)s1. The first kappa shape index (κ1) is 10.7. The molecule has 14 heavy (non-hydrogen) atoms. The number of nitroso groups, excluding NO2 is 1. The van der Waals surface area contributed by atoms with Gasteiger partial charge in [-0.1, -0.05) is 11.3 Å². The predicted molar refractivity (Wildman–Crippen MR) is 58.1 cm³/mol. The van der Waals surface area contributed by atoms with E-state index >= 15 is 0 Å². The Kier molecular flexibility index (Phi) is 3.60. The van der Waals surface area contributed by atoms with Gasteiger partial charge in [0.1, 0.15) is 6.07 Å². The Labute approximate surface area is 86.7 Å². The number of thiophene rings is 1. The van der Waals surface area contributed by atoms with E-state index in [4.69, 9.17) is 5.26 Å². The Balaban J connectivity index is 3.06. The first-order chi connectivity index (χ1) is 6.76. The molecular formula is C9H11N3OS. The normalized spacial score (nSPS) is 9.50. The van der Waals surface area contributed by atoms with Crippen LogP contribution in [0, 0.1) is 16.2 Å². The smallest absolute Gasteiger partial charge is 0.180 e. The van der Waals surface area contributed by atoms with Gasteiger partial charge in [-0.2, -0.15) is 5.26 Å². The number of hydrogen-bond acceptors (Lipinski definition) is 5. The molecule has 0 radical (unpaired) electrons. The molecular weight excluding hydrogens is 198 g/mol. The molecule has 0 spiro atoms. The molecule has 0 saturated heterocycles. The van der Waals surface area contributed by atoms with Crippen molar-refractivity contribution >= 4 is 21.3 Å². The number of hydrogen-bond donors (Lipinski definition) is 0. The summed E-state index contributed by atoms with van der Waals surface area (Å²) in [5, 5.41) is 12.8. The van der Waals surface area contributed by atoms with E-state index in [9.17, 15) is 4.91 Å². The van der Waals surface area contributed by atoms with Gasteiger partial charge in [0, 0.05) is 13.1 Å². The molecule has 0 fully saturated rings. The lowest BCUT2D eigenvalue weighted by atomic mass is 10.3. The number of nitriles is 1. The fraction of sp³-hybridized carbons (Fsp3) is 0.444. The Morgan fingerprint density at radius 2 is 2.21 bits per heavy atom. The third kappa shape index (κ3) is 1.91. The van der Waals surface area contributed by atoms with Crippen LogP contribution in [0.4, 0.5) is 10.0 Å². The van der Waals surface area contributed by atoms with E-state index in [0.29, 0.717) is 5.56 Å². The second-order valence-corrected chi connectivity index (χ2v) is 3.69. The maximum atomic E-state index is 10.4. The van der Waals surface area contributed by atoms with Crippen LogP contribution in [-0.4, -0.2) is 13.1 Å². The number of anilines is 1. The van der Waals surface area contributed by atoms with Crippen LogP contribution < -0.4 is 4.90 Å². The fourth-order valence-electron chi connectivity index (χ4n) is 1.21. The highest BCUT2D eigenvalue weighted by Crippen LogP contribution is 2.35. The van der Waals surface area contributed by atoms with Gasteiger partial charge in [0.25, 0.3) is 0 Å². The van der Waals surface area contributed by atoms with Crippen molar-refractivity contribution < 1.29 is 0 Å². The highest BCUT2D eigenvalue weighted by Gasteiger charge is 2.12. The minimum Gasteiger partial charge on any atom is -0.364 e. The monoisotopic (exact) mass is 209 g/mol. The molecule has 74 valence electrons. The van der Waals surface area contributed by atoms with E-state index in [1.807, 2.05) is 19.9 Å². The second kappa shape index (κ2) is 4.72. The summed E-state index contributed by atoms with van der Waals surface area (Å²) in [4.78, 5) is 12.5. The molecule has 0 unspecified atom stereocenters. The van der Waals surface area contributed by atoms with Crippen LogP contribution in [0.3, 0.4) is 0 Å². The molecule has 5 heteroatoms. The minimum absolute atomic E-state index is 0.273.